The third-order valence-electron chi connectivity index (χ3n) is 1.99. The third kappa shape index (κ3) is 2.92. The molecule has 0 spiro atoms. The van der Waals surface area contributed by atoms with Crippen LogP contribution in [0.3, 0.4) is 0 Å². The summed E-state index contributed by atoms with van der Waals surface area (Å²) in [6.07, 6.45) is 3.74. The smallest absolute Gasteiger partial charge is 0.333 e. The Bertz CT molecular complexity index is 442. The zero-order valence-corrected chi connectivity index (χ0v) is 9.17. The first-order chi connectivity index (χ1) is 7.71. The summed E-state index contributed by atoms with van der Waals surface area (Å²) in [7, 11) is 1.34. The summed E-state index contributed by atoms with van der Waals surface area (Å²) in [6.45, 7) is 2.26. The summed E-state index contributed by atoms with van der Waals surface area (Å²) in [4.78, 5) is 15.0. The van der Waals surface area contributed by atoms with Gasteiger partial charge < -0.3 is 4.74 Å². The summed E-state index contributed by atoms with van der Waals surface area (Å²) in [6, 6.07) is 1.83. The molecule has 6 heteroatoms. The fourth-order valence-electron chi connectivity index (χ4n) is 1.14. The van der Waals surface area contributed by atoms with Crippen LogP contribution in [0.15, 0.2) is 18.0 Å². The van der Waals surface area contributed by atoms with Crippen molar-refractivity contribution in [1.82, 2.24) is 14.8 Å². The molecular weight excluding hydrogens is 208 g/mol. The van der Waals surface area contributed by atoms with E-state index in [0.29, 0.717) is 18.5 Å². The average molecular weight is 220 g/mol. The van der Waals surface area contributed by atoms with Crippen molar-refractivity contribution in [2.45, 2.75) is 19.9 Å². The van der Waals surface area contributed by atoms with Gasteiger partial charge in [0, 0.05) is 5.57 Å². The summed E-state index contributed by atoms with van der Waals surface area (Å²) in [5.74, 6) is -0.229. The number of rotatable bonds is 4. The molecule has 0 saturated heterocycles. The molecule has 1 heterocycles. The van der Waals surface area contributed by atoms with Crippen LogP contribution < -0.4 is 0 Å². The number of ether oxygens (including phenoxy) is 1. The van der Waals surface area contributed by atoms with Crippen molar-refractivity contribution in [2.75, 3.05) is 7.11 Å². The van der Waals surface area contributed by atoms with Gasteiger partial charge in [-0.2, -0.15) is 5.26 Å². The molecule has 1 aromatic rings. The maximum atomic E-state index is 11.2. The number of allylic oxidation sites excluding steroid dienone is 1. The van der Waals surface area contributed by atoms with Gasteiger partial charge >= 0.3 is 5.97 Å². The molecule has 0 saturated carbocycles. The highest BCUT2D eigenvalue weighted by Gasteiger charge is 2.06. The van der Waals surface area contributed by atoms with Gasteiger partial charge in [0.25, 0.3) is 5.82 Å². The highest BCUT2D eigenvalue weighted by atomic mass is 16.5. The predicted molar refractivity (Wildman–Crippen MR) is 55.1 cm³/mol. The molecule has 0 N–H and O–H groups in total. The maximum Gasteiger partial charge on any atom is 0.333 e. The van der Waals surface area contributed by atoms with E-state index >= 15 is 0 Å². The van der Waals surface area contributed by atoms with Gasteiger partial charge in [-0.1, -0.05) is 13.0 Å². The number of nitrogens with zero attached hydrogens (tertiary/aromatic N) is 4. The second-order valence-corrected chi connectivity index (χ2v) is 2.98. The Labute approximate surface area is 93.2 Å². The van der Waals surface area contributed by atoms with E-state index in [9.17, 15) is 4.79 Å². The minimum Gasteiger partial charge on any atom is -0.466 e. The summed E-state index contributed by atoms with van der Waals surface area (Å²) >= 11 is 0. The van der Waals surface area contributed by atoms with Gasteiger partial charge in [0.05, 0.1) is 13.7 Å². The van der Waals surface area contributed by atoms with Gasteiger partial charge in [0.15, 0.2) is 0 Å². The lowest BCUT2D eigenvalue weighted by Crippen LogP contribution is -2.06. The van der Waals surface area contributed by atoms with Crippen molar-refractivity contribution in [3.05, 3.63) is 23.8 Å². The average Bonchev–Trinajstić information content (AvgIpc) is 2.77. The standard InChI is InChI=1S/C10H12N4O2/c1-3-8(10(15)16-2)4-5-14-7-12-9(6-11)13-14/h4,7H,3,5H2,1-2H3. The van der Waals surface area contributed by atoms with Crippen molar-refractivity contribution in [3.8, 4) is 6.07 Å². The van der Waals surface area contributed by atoms with Crippen LogP contribution in [0.4, 0.5) is 0 Å². The van der Waals surface area contributed by atoms with Crippen LogP contribution in [0, 0.1) is 11.3 Å². The van der Waals surface area contributed by atoms with Crippen LogP contribution in [0.5, 0.6) is 0 Å². The largest absolute Gasteiger partial charge is 0.466 e. The molecule has 0 bridgehead atoms. The van der Waals surface area contributed by atoms with E-state index in [4.69, 9.17) is 5.26 Å². The molecule has 0 aliphatic rings. The van der Waals surface area contributed by atoms with Gasteiger partial charge in [-0.15, -0.1) is 5.10 Å². The second kappa shape index (κ2) is 5.66. The second-order valence-electron chi connectivity index (χ2n) is 2.98. The van der Waals surface area contributed by atoms with Gasteiger partial charge in [0.2, 0.25) is 0 Å². The molecule has 16 heavy (non-hydrogen) atoms. The van der Waals surface area contributed by atoms with Crippen molar-refractivity contribution in [1.29, 1.82) is 5.26 Å². The van der Waals surface area contributed by atoms with Crippen molar-refractivity contribution in [2.24, 2.45) is 0 Å². The first kappa shape index (κ1) is 11.9. The van der Waals surface area contributed by atoms with E-state index in [1.165, 1.54) is 18.1 Å². The normalized spacial score (nSPS) is 10.9. The van der Waals surface area contributed by atoms with Crippen LogP contribution in [-0.4, -0.2) is 27.8 Å². The Morgan fingerprint density at radius 2 is 2.50 bits per heavy atom. The first-order valence-electron chi connectivity index (χ1n) is 4.78. The number of aromatic nitrogens is 3. The van der Waals surface area contributed by atoms with Crippen LogP contribution in [-0.2, 0) is 16.1 Å². The van der Waals surface area contributed by atoms with Gasteiger partial charge in [0.1, 0.15) is 12.4 Å². The molecule has 0 aliphatic heterocycles. The van der Waals surface area contributed by atoms with Gasteiger partial charge in [-0.05, 0) is 6.42 Å². The lowest BCUT2D eigenvalue weighted by molar-refractivity contribution is -0.136. The summed E-state index contributed by atoms with van der Waals surface area (Å²) < 4.78 is 6.10. The molecule has 0 unspecified atom stereocenters. The summed E-state index contributed by atoms with van der Waals surface area (Å²) in [5, 5.41) is 12.4. The molecule has 84 valence electrons. The van der Waals surface area contributed by atoms with Gasteiger partial charge in [-0.25, -0.2) is 14.5 Å². The molecule has 6 nitrogen and oxygen atoms in total. The molecule has 0 atom stereocenters. The molecule has 0 fully saturated rings. The fraction of sp³-hybridized carbons (Fsp3) is 0.400. The van der Waals surface area contributed by atoms with E-state index in [1.54, 1.807) is 6.08 Å². The van der Waals surface area contributed by atoms with E-state index in [2.05, 4.69) is 14.8 Å². The molecule has 0 radical (unpaired) electrons. The van der Waals surface area contributed by atoms with Crippen LogP contribution >= 0.6 is 0 Å². The van der Waals surface area contributed by atoms with Crippen molar-refractivity contribution < 1.29 is 9.53 Å². The number of esters is 1. The Kier molecular flexibility index (Phi) is 4.21. The molecule has 1 aromatic heterocycles. The van der Waals surface area contributed by atoms with Crippen molar-refractivity contribution >= 4 is 5.97 Å². The van der Waals surface area contributed by atoms with Crippen molar-refractivity contribution in [3.63, 3.8) is 0 Å². The molecule has 0 aromatic carbocycles. The van der Waals surface area contributed by atoms with Gasteiger partial charge in [-0.3, -0.25) is 0 Å². The number of carbonyl (C=O) groups excluding carboxylic acids is 1. The van der Waals surface area contributed by atoms with Crippen LogP contribution in [0.1, 0.15) is 19.2 Å². The molecule has 0 amide bonds. The van der Waals surface area contributed by atoms with Crippen LogP contribution in [0.2, 0.25) is 0 Å². The third-order valence-corrected chi connectivity index (χ3v) is 1.99. The topological polar surface area (TPSA) is 80.8 Å². The zero-order chi connectivity index (χ0) is 12.0. The quantitative estimate of drug-likeness (QED) is 0.550. The Balaban J connectivity index is 2.70. The maximum absolute atomic E-state index is 11.2. The Morgan fingerprint density at radius 3 is 3.00 bits per heavy atom. The van der Waals surface area contributed by atoms with Crippen LogP contribution in [0.25, 0.3) is 0 Å². The lowest BCUT2D eigenvalue weighted by atomic mass is 10.2. The number of carbonyl (C=O) groups is 1. The summed E-state index contributed by atoms with van der Waals surface area (Å²) in [5.41, 5.74) is 0.580. The molecular formula is C10H12N4O2. The number of hydrogen-bond donors (Lipinski definition) is 0. The lowest BCUT2D eigenvalue weighted by Gasteiger charge is -2.01. The van der Waals surface area contributed by atoms with E-state index in [0.717, 1.165) is 0 Å². The minimum atomic E-state index is -0.344. The first-order valence-corrected chi connectivity index (χ1v) is 4.78. The highest BCUT2D eigenvalue weighted by molar-refractivity contribution is 5.88. The predicted octanol–water partition coefficient (Wildman–Crippen LogP) is 0.659. The fourth-order valence-corrected chi connectivity index (χ4v) is 1.14. The Morgan fingerprint density at radius 1 is 1.75 bits per heavy atom. The number of methoxy groups -OCH3 is 1. The molecule has 1 rings (SSSR count). The highest BCUT2D eigenvalue weighted by Crippen LogP contribution is 2.03. The number of hydrogen-bond acceptors (Lipinski definition) is 5. The van der Waals surface area contributed by atoms with E-state index in [-0.39, 0.29) is 11.8 Å². The zero-order valence-electron chi connectivity index (χ0n) is 9.17. The van der Waals surface area contributed by atoms with E-state index < -0.39 is 0 Å². The number of nitriles is 1. The minimum absolute atomic E-state index is 0.115. The Hall–Kier alpha value is -2.16. The molecule has 0 aliphatic carbocycles. The SMILES string of the molecule is CCC(=CCn1cnc(C#N)n1)C(=O)OC. The van der Waals surface area contributed by atoms with E-state index in [1.807, 2.05) is 13.0 Å². The monoisotopic (exact) mass is 220 g/mol.